The van der Waals surface area contributed by atoms with Crippen LogP contribution in [0.4, 0.5) is 0 Å². The minimum Gasteiger partial charge on any atom is -0.478 e. The number of benzene rings is 1. The molecule has 0 heterocycles. The minimum atomic E-state index is -0.883. The van der Waals surface area contributed by atoms with Crippen LogP contribution in [0.1, 0.15) is 25.7 Å². The molecule has 1 unspecified atom stereocenters. The average Bonchev–Trinajstić information content (AvgIpc) is 2.81. The van der Waals surface area contributed by atoms with E-state index in [2.05, 4.69) is 0 Å². The summed E-state index contributed by atoms with van der Waals surface area (Å²) in [5.74, 6) is -0.191. The van der Waals surface area contributed by atoms with Crippen molar-refractivity contribution >= 4 is 17.6 Å². The van der Waals surface area contributed by atoms with E-state index in [4.69, 9.17) is 16.3 Å². The van der Waals surface area contributed by atoms with Crippen molar-refractivity contribution in [1.29, 1.82) is 0 Å². The summed E-state index contributed by atoms with van der Waals surface area (Å²) in [5.41, 5.74) is 0. The number of carboxylic acid groups (broad SMARTS) is 1. The van der Waals surface area contributed by atoms with Crippen LogP contribution >= 0.6 is 11.6 Å². The van der Waals surface area contributed by atoms with Gasteiger partial charge in [0.1, 0.15) is 5.75 Å². The first kappa shape index (κ1) is 12.2. The molecule has 1 fully saturated rings. The molecule has 1 aliphatic carbocycles. The van der Waals surface area contributed by atoms with Crippen molar-refractivity contribution in [3.05, 3.63) is 29.3 Å². The highest BCUT2D eigenvalue weighted by Gasteiger charge is 2.32. The number of halogens is 1. The predicted molar refractivity (Wildman–Crippen MR) is 65.5 cm³/mol. The molecule has 0 aliphatic heterocycles. The summed E-state index contributed by atoms with van der Waals surface area (Å²) in [6, 6.07) is 6.80. The van der Waals surface area contributed by atoms with Gasteiger partial charge in [-0.2, -0.15) is 0 Å². The second-order valence-corrected chi connectivity index (χ2v) is 4.81. The highest BCUT2D eigenvalue weighted by molar-refractivity contribution is 6.30. The van der Waals surface area contributed by atoms with Gasteiger partial charge in [0.05, 0.1) is 0 Å². The lowest BCUT2D eigenvalue weighted by Gasteiger charge is -2.20. The standard InChI is InChI=1S/C13H15ClO3/c14-10-5-7-11(8-6-10)17-12(13(15)16)9-3-1-2-4-9/h5-9,12H,1-4H2,(H,15,16). The van der Waals surface area contributed by atoms with E-state index < -0.39 is 12.1 Å². The molecule has 4 heteroatoms. The first-order valence-electron chi connectivity index (χ1n) is 5.82. The molecule has 0 spiro atoms. The van der Waals surface area contributed by atoms with Crippen LogP contribution in [0.25, 0.3) is 0 Å². The summed E-state index contributed by atoms with van der Waals surface area (Å²) >= 11 is 5.77. The lowest BCUT2D eigenvalue weighted by molar-refractivity contribution is -0.147. The molecule has 92 valence electrons. The third kappa shape index (κ3) is 3.13. The Morgan fingerprint density at radius 3 is 2.41 bits per heavy atom. The van der Waals surface area contributed by atoms with Crippen molar-refractivity contribution in [3.8, 4) is 5.75 Å². The topological polar surface area (TPSA) is 46.5 Å². The number of rotatable bonds is 4. The third-order valence-corrected chi connectivity index (χ3v) is 3.40. The molecule has 0 saturated heterocycles. The lowest BCUT2D eigenvalue weighted by Crippen LogP contribution is -2.33. The smallest absolute Gasteiger partial charge is 0.345 e. The molecule has 17 heavy (non-hydrogen) atoms. The highest BCUT2D eigenvalue weighted by Crippen LogP contribution is 2.30. The number of aliphatic carboxylic acids is 1. The predicted octanol–water partition coefficient (Wildman–Crippen LogP) is 3.36. The molecule has 1 N–H and O–H groups in total. The first-order valence-corrected chi connectivity index (χ1v) is 6.19. The molecule has 2 rings (SSSR count). The molecule has 1 aromatic carbocycles. The summed E-state index contributed by atoms with van der Waals surface area (Å²) in [6.07, 6.45) is 3.32. The fraction of sp³-hybridized carbons (Fsp3) is 0.462. The molecule has 3 nitrogen and oxygen atoms in total. The van der Waals surface area contributed by atoms with E-state index in [9.17, 15) is 9.90 Å². The Hall–Kier alpha value is -1.22. The van der Waals surface area contributed by atoms with Gasteiger partial charge in [-0.1, -0.05) is 24.4 Å². The average molecular weight is 255 g/mol. The van der Waals surface area contributed by atoms with Gasteiger partial charge in [0.15, 0.2) is 6.10 Å². The van der Waals surface area contributed by atoms with Crippen molar-refractivity contribution in [2.75, 3.05) is 0 Å². The van der Waals surface area contributed by atoms with Crippen molar-refractivity contribution in [2.24, 2.45) is 5.92 Å². The van der Waals surface area contributed by atoms with Gasteiger partial charge in [0.2, 0.25) is 0 Å². The maximum absolute atomic E-state index is 11.2. The number of carboxylic acids is 1. The Morgan fingerprint density at radius 1 is 1.29 bits per heavy atom. The van der Waals surface area contributed by atoms with E-state index in [1.165, 1.54) is 0 Å². The number of carbonyl (C=O) groups is 1. The molecular formula is C13H15ClO3. The van der Waals surface area contributed by atoms with Gasteiger partial charge in [-0.15, -0.1) is 0 Å². The van der Waals surface area contributed by atoms with Crippen LogP contribution in [0, 0.1) is 5.92 Å². The Bertz CT molecular complexity index is 382. The summed E-state index contributed by atoms with van der Waals surface area (Å²) < 4.78 is 5.56. The molecule has 0 aromatic heterocycles. The lowest BCUT2D eigenvalue weighted by atomic mass is 10.0. The van der Waals surface area contributed by atoms with E-state index in [-0.39, 0.29) is 5.92 Å². The molecule has 0 bridgehead atoms. The fourth-order valence-corrected chi connectivity index (χ4v) is 2.39. The maximum atomic E-state index is 11.2. The van der Waals surface area contributed by atoms with E-state index >= 15 is 0 Å². The van der Waals surface area contributed by atoms with Gasteiger partial charge in [-0.3, -0.25) is 0 Å². The van der Waals surface area contributed by atoms with E-state index in [0.29, 0.717) is 10.8 Å². The quantitative estimate of drug-likeness (QED) is 0.896. The zero-order valence-corrected chi connectivity index (χ0v) is 10.2. The summed E-state index contributed by atoms with van der Waals surface area (Å²) in [4.78, 5) is 11.2. The van der Waals surface area contributed by atoms with Crippen LogP contribution in [0.5, 0.6) is 5.75 Å². The maximum Gasteiger partial charge on any atom is 0.345 e. The van der Waals surface area contributed by atoms with Gasteiger partial charge in [0, 0.05) is 10.9 Å². The molecule has 1 atom stereocenters. The van der Waals surface area contributed by atoms with Crippen molar-refractivity contribution in [2.45, 2.75) is 31.8 Å². The minimum absolute atomic E-state index is 0.128. The zero-order chi connectivity index (χ0) is 12.3. The van der Waals surface area contributed by atoms with Crippen LogP contribution in [0.2, 0.25) is 5.02 Å². The Labute approximate surface area is 105 Å². The zero-order valence-electron chi connectivity index (χ0n) is 9.43. The summed E-state index contributed by atoms with van der Waals surface area (Å²) in [7, 11) is 0. The monoisotopic (exact) mass is 254 g/mol. The van der Waals surface area contributed by atoms with Crippen molar-refractivity contribution < 1.29 is 14.6 Å². The second-order valence-electron chi connectivity index (χ2n) is 4.38. The van der Waals surface area contributed by atoms with Gasteiger partial charge in [-0.05, 0) is 37.1 Å². The third-order valence-electron chi connectivity index (χ3n) is 3.15. The molecular weight excluding hydrogens is 240 g/mol. The normalized spacial score (nSPS) is 17.9. The molecule has 1 aliphatic rings. The Kier molecular flexibility index (Phi) is 3.89. The van der Waals surface area contributed by atoms with Gasteiger partial charge in [0.25, 0.3) is 0 Å². The molecule has 0 amide bonds. The van der Waals surface area contributed by atoms with Crippen LogP contribution in [-0.2, 0) is 4.79 Å². The van der Waals surface area contributed by atoms with Crippen LogP contribution in [0.3, 0.4) is 0 Å². The van der Waals surface area contributed by atoms with E-state index in [1.807, 2.05) is 0 Å². The molecule has 0 radical (unpaired) electrons. The van der Waals surface area contributed by atoms with E-state index in [0.717, 1.165) is 25.7 Å². The SMILES string of the molecule is O=C(O)C(Oc1ccc(Cl)cc1)C1CCCC1. The first-order chi connectivity index (χ1) is 8.16. The second kappa shape index (κ2) is 5.41. The molecule has 1 saturated carbocycles. The Morgan fingerprint density at radius 2 is 1.88 bits per heavy atom. The molecule has 1 aromatic rings. The largest absolute Gasteiger partial charge is 0.478 e. The fourth-order valence-electron chi connectivity index (χ4n) is 2.27. The Balaban J connectivity index is 2.06. The number of hydrogen-bond acceptors (Lipinski definition) is 2. The van der Waals surface area contributed by atoms with Gasteiger partial charge in [-0.25, -0.2) is 4.79 Å². The van der Waals surface area contributed by atoms with Gasteiger partial charge < -0.3 is 9.84 Å². The number of ether oxygens (including phenoxy) is 1. The number of hydrogen-bond donors (Lipinski definition) is 1. The van der Waals surface area contributed by atoms with Gasteiger partial charge >= 0.3 is 5.97 Å². The van der Waals surface area contributed by atoms with Crippen LogP contribution < -0.4 is 4.74 Å². The van der Waals surface area contributed by atoms with Crippen molar-refractivity contribution in [3.63, 3.8) is 0 Å². The summed E-state index contributed by atoms with van der Waals surface area (Å²) in [6.45, 7) is 0. The van der Waals surface area contributed by atoms with Crippen LogP contribution in [0.15, 0.2) is 24.3 Å². The van der Waals surface area contributed by atoms with Crippen LogP contribution in [-0.4, -0.2) is 17.2 Å². The summed E-state index contributed by atoms with van der Waals surface area (Å²) in [5, 5.41) is 9.81. The van der Waals surface area contributed by atoms with Crippen molar-refractivity contribution in [1.82, 2.24) is 0 Å². The van der Waals surface area contributed by atoms with E-state index in [1.54, 1.807) is 24.3 Å². The highest BCUT2D eigenvalue weighted by atomic mass is 35.5.